The van der Waals surface area contributed by atoms with Gasteiger partial charge in [-0.1, -0.05) is 129 Å². The molecular formula is C31H65NO2. The maximum Gasteiger partial charge on any atom is 0.0833 e. The molecule has 0 saturated heterocycles. The van der Waals surface area contributed by atoms with E-state index >= 15 is 0 Å². The first kappa shape index (κ1) is 33.9. The molecule has 0 radical (unpaired) electrons. The van der Waals surface area contributed by atoms with E-state index in [1.54, 1.807) is 0 Å². The summed E-state index contributed by atoms with van der Waals surface area (Å²) in [6.45, 7) is 9.65. The fourth-order valence-corrected chi connectivity index (χ4v) is 4.69. The van der Waals surface area contributed by atoms with Crippen molar-refractivity contribution in [3.8, 4) is 0 Å². The van der Waals surface area contributed by atoms with Gasteiger partial charge in [0.25, 0.3) is 0 Å². The molecule has 0 aliphatic carbocycles. The summed E-state index contributed by atoms with van der Waals surface area (Å²) in [7, 11) is 4.26. The summed E-state index contributed by atoms with van der Waals surface area (Å²) in [6.07, 6.45) is 29.0. The summed E-state index contributed by atoms with van der Waals surface area (Å²) in [5.41, 5.74) is 0. The monoisotopic (exact) mass is 484 g/mol. The van der Waals surface area contributed by atoms with Crippen molar-refractivity contribution in [2.45, 2.75) is 168 Å². The van der Waals surface area contributed by atoms with Crippen molar-refractivity contribution in [1.29, 1.82) is 0 Å². The molecule has 206 valence electrons. The predicted molar refractivity (Wildman–Crippen MR) is 152 cm³/mol. The summed E-state index contributed by atoms with van der Waals surface area (Å²) in [5.74, 6) is 0. The van der Waals surface area contributed by atoms with Crippen LogP contribution < -0.4 is 0 Å². The van der Waals surface area contributed by atoms with Gasteiger partial charge in [0.2, 0.25) is 0 Å². The first-order valence-corrected chi connectivity index (χ1v) is 15.5. The molecule has 0 aromatic heterocycles. The third kappa shape index (κ3) is 25.0. The zero-order valence-corrected chi connectivity index (χ0v) is 24.4. The molecule has 3 heteroatoms. The first-order chi connectivity index (χ1) is 16.6. The molecule has 0 fully saturated rings. The van der Waals surface area contributed by atoms with Crippen molar-refractivity contribution in [2.24, 2.45) is 0 Å². The Morgan fingerprint density at radius 1 is 0.500 bits per heavy atom. The van der Waals surface area contributed by atoms with Crippen LogP contribution in [0.5, 0.6) is 0 Å². The molecule has 0 rings (SSSR count). The van der Waals surface area contributed by atoms with Crippen LogP contribution in [0.1, 0.15) is 156 Å². The van der Waals surface area contributed by atoms with Gasteiger partial charge in [0.1, 0.15) is 0 Å². The highest BCUT2D eigenvalue weighted by molar-refractivity contribution is 4.68. The molecule has 0 spiro atoms. The zero-order chi connectivity index (χ0) is 25.1. The molecule has 2 unspecified atom stereocenters. The van der Waals surface area contributed by atoms with E-state index in [0.29, 0.717) is 0 Å². The quantitative estimate of drug-likeness (QED) is 0.103. The predicted octanol–water partition coefficient (Wildman–Crippen LogP) is 9.57. The molecule has 0 aromatic rings. The molecule has 0 heterocycles. The maximum atomic E-state index is 6.28. The average molecular weight is 484 g/mol. The lowest BCUT2D eigenvalue weighted by molar-refractivity contribution is -0.0708. The van der Waals surface area contributed by atoms with Crippen LogP contribution in [-0.4, -0.2) is 51.0 Å². The normalized spacial score (nSPS) is 13.6. The Labute approximate surface area is 216 Å². The highest BCUT2D eigenvalue weighted by atomic mass is 16.5. The number of unbranched alkanes of at least 4 members (excludes halogenated alkanes) is 17. The van der Waals surface area contributed by atoms with Crippen LogP contribution in [0.15, 0.2) is 0 Å². The lowest BCUT2D eigenvalue weighted by Crippen LogP contribution is -2.30. The second-order valence-corrected chi connectivity index (χ2v) is 10.9. The van der Waals surface area contributed by atoms with Gasteiger partial charge in [-0.3, -0.25) is 0 Å². The van der Waals surface area contributed by atoms with Crippen molar-refractivity contribution in [3.63, 3.8) is 0 Å². The fraction of sp³-hybridized carbons (Fsp3) is 1.00. The van der Waals surface area contributed by atoms with Crippen LogP contribution >= 0.6 is 0 Å². The van der Waals surface area contributed by atoms with Crippen LogP contribution in [0, 0.1) is 0 Å². The van der Waals surface area contributed by atoms with Gasteiger partial charge in [-0.15, -0.1) is 0 Å². The van der Waals surface area contributed by atoms with Gasteiger partial charge in [0, 0.05) is 13.2 Å². The summed E-state index contributed by atoms with van der Waals surface area (Å²) >= 11 is 0. The standard InChI is InChI=1S/C31H65NO2/c1-6-8-10-12-13-14-15-16-17-18-19-20-22-24-28-33-30(3)31(26-23-21-11-9-7-2)34-29-25-27-32(4)5/h30-31H,6-29H2,1-5H3. The average Bonchev–Trinajstić information content (AvgIpc) is 2.82. The minimum atomic E-state index is 0.215. The third-order valence-electron chi connectivity index (χ3n) is 7.08. The van der Waals surface area contributed by atoms with E-state index in [4.69, 9.17) is 9.47 Å². The zero-order valence-electron chi connectivity index (χ0n) is 24.4. The number of nitrogens with zero attached hydrogens (tertiary/aromatic N) is 1. The first-order valence-electron chi connectivity index (χ1n) is 15.5. The van der Waals surface area contributed by atoms with Gasteiger partial charge in [-0.05, 0) is 46.8 Å². The molecule has 0 bridgehead atoms. The van der Waals surface area contributed by atoms with E-state index in [9.17, 15) is 0 Å². The van der Waals surface area contributed by atoms with Gasteiger partial charge in [-0.2, -0.15) is 0 Å². The second kappa shape index (κ2) is 27.5. The summed E-state index contributed by atoms with van der Waals surface area (Å²) in [4.78, 5) is 2.23. The molecule has 0 amide bonds. The molecule has 2 atom stereocenters. The number of hydrogen-bond acceptors (Lipinski definition) is 3. The molecule has 0 aromatic carbocycles. The van der Waals surface area contributed by atoms with Crippen LogP contribution in [-0.2, 0) is 9.47 Å². The topological polar surface area (TPSA) is 21.7 Å². The minimum Gasteiger partial charge on any atom is -0.376 e. The molecule has 3 nitrogen and oxygen atoms in total. The smallest absolute Gasteiger partial charge is 0.0833 e. The lowest BCUT2D eigenvalue weighted by atomic mass is 10.0. The van der Waals surface area contributed by atoms with E-state index in [0.717, 1.165) is 32.6 Å². The molecule has 0 aliphatic rings. The highest BCUT2D eigenvalue weighted by Crippen LogP contribution is 2.16. The van der Waals surface area contributed by atoms with E-state index in [-0.39, 0.29) is 12.2 Å². The number of hydrogen-bond donors (Lipinski definition) is 0. The Morgan fingerprint density at radius 2 is 0.912 bits per heavy atom. The Morgan fingerprint density at radius 3 is 1.38 bits per heavy atom. The molecule has 34 heavy (non-hydrogen) atoms. The van der Waals surface area contributed by atoms with Crippen molar-refractivity contribution >= 4 is 0 Å². The van der Waals surface area contributed by atoms with Gasteiger partial charge in [-0.25, -0.2) is 0 Å². The Balaban J connectivity index is 3.73. The van der Waals surface area contributed by atoms with Crippen LogP contribution in [0.2, 0.25) is 0 Å². The molecule has 0 N–H and O–H groups in total. The molecular weight excluding hydrogens is 418 g/mol. The lowest BCUT2D eigenvalue weighted by Gasteiger charge is -2.25. The van der Waals surface area contributed by atoms with E-state index in [2.05, 4.69) is 39.8 Å². The maximum absolute atomic E-state index is 6.28. The third-order valence-corrected chi connectivity index (χ3v) is 7.08. The largest absolute Gasteiger partial charge is 0.376 e. The van der Waals surface area contributed by atoms with E-state index < -0.39 is 0 Å². The van der Waals surface area contributed by atoms with Gasteiger partial charge < -0.3 is 14.4 Å². The fourth-order valence-electron chi connectivity index (χ4n) is 4.69. The second-order valence-electron chi connectivity index (χ2n) is 10.9. The number of ether oxygens (including phenoxy) is 2. The SMILES string of the molecule is CCCCCCCCCCCCCCCCOC(C)C(CCCCCCC)OCCCN(C)C. The molecule has 0 aliphatic heterocycles. The van der Waals surface area contributed by atoms with Crippen LogP contribution in [0.3, 0.4) is 0 Å². The van der Waals surface area contributed by atoms with E-state index in [1.165, 1.54) is 122 Å². The molecule has 0 saturated carbocycles. The van der Waals surface area contributed by atoms with Crippen molar-refractivity contribution in [2.75, 3.05) is 33.9 Å². The van der Waals surface area contributed by atoms with Crippen molar-refractivity contribution in [1.82, 2.24) is 4.90 Å². The minimum absolute atomic E-state index is 0.215. The van der Waals surface area contributed by atoms with E-state index in [1.807, 2.05) is 0 Å². The van der Waals surface area contributed by atoms with Gasteiger partial charge in [0.15, 0.2) is 0 Å². The van der Waals surface area contributed by atoms with Gasteiger partial charge in [0.05, 0.1) is 12.2 Å². The van der Waals surface area contributed by atoms with Crippen molar-refractivity contribution in [3.05, 3.63) is 0 Å². The Bertz CT molecular complexity index is 374. The van der Waals surface area contributed by atoms with Crippen LogP contribution in [0.25, 0.3) is 0 Å². The Kier molecular flexibility index (Phi) is 27.4. The number of rotatable bonds is 28. The highest BCUT2D eigenvalue weighted by Gasteiger charge is 2.18. The van der Waals surface area contributed by atoms with Gasteiger partial charge >= 0.3 is 0 Å². The van der Waals surface area contributed by atoms with Crippen LogP contribution in [0.4, 0.5) is 0 Å². The summed E-state index contributed by atoms with van der Waals surface area (Å²) in [5, 5.41) is 0. The summed E-state index contributed by atoms with van der Waals surface area (Å²) < 4.78 is 12.5. The summed E-state index contributed by atoms with van der Waals surface area (Å²) in [6, 6.07) is 0. The Hall–Kier alpha value is -0.120. The van der Waals surface area contributed by atoms with Crippen molar-refractivity contribution < 1.29 is 9.47 Å².